The summed E-state index contributed by atoms with van der Waals surface area (Å²) >= 11 is 0. The SMILES string of the molecule is CNc1nc(N)nc2c1ncn2[C@@H]1O[C@H](CO[P@@](=O)(N[C@@H](C)C(=O)OC(C)C)Oc2ccccc2)[C@@H](O)[C@@]1(C)F. The number of carbonyl (C=O) groups excluding carboxylic acids is 1. The first-order valence-electron chi connectivity index (χ1n) is 12.5. The Morgan fingerprint density at radius 2 is 2.00 bits per heavy atom. The van der Waals surface area contributed by atoms with Gasteiger partial charge in [0.15, 0.2) is 28.9 Å². The van der Waals surface area contributed by atoms with Crippen molar-refractivity contribution in [3.05, 3.63) is 36.7 Å². The molecule has 0 bridgehead atoms. The van der Waals surface area contributed by atoms with Crippen LogP contribution >= 0.6 is 7.75 Å². The summed E-state index contributed by atoms with van der Waals surface area (Å²) in [7, 11) is -2.66. The molecule has 0 unspecified atom stereocenters. The smallest absolute Gasteiger partial charge is 0.459 e. The molecule has 1 saturated heterocycles. The van der Waals surface area contributed by atoms with E-state index in [1.807, 2.05) is 0 Å². The number of aromatic nitrogens is 4. The maximum atomic E-state index is 16.0. The number of aliphatic hydroxyl groups is 1. The number of alkyl halides is 1. The Balaban J connectivity index is 1.56. The minimum atomic E-state index is -4.28. The Morgan fingerprint density at radius 3 is 2.65 bits per heavy atom. The highest BCUT2D eigenvalue weighted by Gasteiger charge is 2.56. The Bertz CT molecular complexity index is 1390. The van der Waals surface area contributed by atoms with E-state index in [4.69, 9.17) is 24.3 Å². The summed E-state index contributed by atoms with van der Waals surface area (Å²) in [6.45, 7) is 5.37. The van der Waals surface area contributed by atoms with Crippen molar-refractivity contribution >= 4 is 36.6 Å². The van der Waals surface area contributed by atoms with Gasteiger partial charge in [-0.3, -0.25) is 13.9 Å². The molecule has 6 atom stereocenters. The number of nitrogens with one attached hydrogen (secondary N) is 2. The molecule has 0 saturated carbocycles. The van der Waals surface area contributed by atoms with Crippen LogP contribution in [0.1, 0.15) is 33.9 Å². The number of ether oxygens (including phenoxy) is 2. The Kier molecular flexibility index (Phi) is 8.61. The van der Waals surface area contributed by atoms with Crippen molar-refractivity contribution in [1.82, 2.24) is 24.6 Å². The van der Waals surface area contributed by atoms with E-state index in [1.54, 1.807) is 51.2 Å². The van der Waals surface area contributed by atoms with Gasteiger partial charge in [0.05, 0.1) is 19.0 Å². The molecule has 40 heavy (non-hydrogen) atoms. The lowest BCUT2D eigenvalue weighted by Crippen LogP contribution is -2.41. The molecule has 0 aliphatic carbocycles. The number of rotatable bonds is 11. The molecule has 1 fully saturated rings. The van der Waals surface area contributed by atoms with Gasteiger partial charge in [0.25, 0.3) is 0 Å². The lowest BCUT2D eigenvalue weighted by molar-refractivity contribution is -0.149. The van der Waals surface area contributed by atoms with Gasteiger partial charge in [0, 0.05) is 7.05 Å². The number of imidazole rings is 1. The zero-order chi connectivity index (χ0) is 29.2. The predicted molar refractivity (Wildman–Crippen MR) is 143 cm³/mol. The van der Waals surface area contributed by atoms with Gasteiger partial charge in [-0.25, -0.2) is 13.9 Å². The second-order valence-electron chi connectivity index (χ2n) is 9.66. The molecule has 0 radical (unpaired) electrons. The van der Waals surface area contributed by atoms with Crippen LogP contribution in [0.5, 0.6) is 5.75 Å². The third-order valence-electron chi connectivity index (χ3n) is 6.08. The first-order valence-corrected chi connectivity index (χ1v) is 14.1. The monoisotopic (exact) mass is 581 g/mol. The number of nitrogens with zero attached hydrogens (tertiary/aromatic N) is 4. The molecule has 218 valence electrons. The first-order chi connectivity index (χ1) is 18.8. The average molecular weight is 582 g/mol. The molecular formula is C24H33FN7O7P. The number of para-hydroxylation sites is 1. The molecule has 4 rings (SSSR count). The van der Waals surface area contributed by atoms with E-state index < -0.39 is 56.6 Å². The zero-order valence-electron chi connectivity index (χ0n) is 22.6. The van der Waals surface area contributed by atoms with Crippen LogP contribution in [0.2, 0.25) is 0 Å². The third-order valence-corrected chi connectivity index (χ3v) is 7.72. The Hall–Kier alpha value is -3.36. The van der Waals surface area contributed by atoms with Gasteiger partial charge in [-0.15, -0.1) is 0 Å². The highest BCUT2D eigenvalue weighted by molar-refractivity contribution is 7.52. The number of halogens is 1. The molecule has 14 nitrogen and oxygen atoms in total. The molecule has 0 amide bonds. The summed E-state index contributed by atoms with van der Waals surface area (Å²) in [5.41, 5.74) is 3.94. The van der Waals surface area contributed by atoms with Crippen LogP contribution < -0.4 is 20.7 Å². The van der Waals surface area contributed by atoms with E-state index in [1.165, 1.54) is 17.8 Å². The van der Waals surface area contributed by atoms with E-state index in [0.717, 1.165) is 6.92 Å². The van der Waals surface area contributed by atoms with E-state index >= 15 is 4.39 Å². The van der Waals surface area contributed by atoms with Crippen LogP contribution in [0, 0.1) is 0 Å². The van der Waals surface area contributed by atoms with E-state index in [2.05, 4.69) is 25.4 Å². The lowest BCUT2D eigenvalue weighted by atomic mass is 9.98. The number of hydrogen-bond acceptors (Lipinski definition) is 12. The minimum absolute atomic E-state index is 0.0761. The fraction of sp³-hybridized carbons (Fsp3) is 0.500. The number of aliphatic hydroxyl groups excluding tert-OH is 1. The molecule has 1 aliphatic rings. The highest BCUT2D eigenvalue weighted by atomic mass is 31.2. The fourth-order valence-electron chi connectivity index (χ4n) is 4.14. The second kappa shape index (κ2) is 11.6. The number of benzene rings is 1. The van der Waals surface area contributed by atoms with Gasteiger partial charge >= 0.3 is 13.7 Å². The summed E-state index contributed by atoms with van der Waals surface area (Å²) < 4.78 is 53.2. The number of hydrogen-bond donors (Lipinski definition) is 4. The number of esters is 1. The minimum Gasteiger partial charge on any atom is -0.462 e. The van der Waals surface area contributed by atoms with Crippen LogP contribution in [-0.2, 0) is 23.4 Å². The number of anilines is 2. The van der Waals surface area contributed by atoms with Crippen molar-refractivity contribution in [3.63, 3.8) is 0 Å². The molecule has 0 spiro atoms. The van der Waals surface area contributed by atoms with E-state index in [9.17, 15) is 14.5 Å². The van der Waals surface area contributed by atoms with Crippen molar-refractivity contribution in [2.45, 2.75) is 63.9 Å². The number of fused-ring (bicyclic) bond motifs is 1. The van der Waals surface area contributed by atoms with Crippen molar-refractivity contribution in [3.8, 4) is 5.75 Å². The molecule has 1 aliphatic heterocycles. The Morgan fingerprint density at radius 1 is 1.30 bits per heavy atom. The van der Waals surface area contributed by atoms with Gasteiger partial charge < -0.3 is 30.2 Å². The maximum absolute atomic E-state index is 16.0. The standard InChI is InChI=1S/C24H33FN7O7P/c1-13(2)37-21(34)14(3)31-40(35,39-15-9-7-6-8-10-15)36-11-16-18(33)24(4,25)22(38-16)32-12-28-17-19(27-5)29-23(26)30-20(17)32/h6-10,12-14,16,18,22,33H,11H2,1-5H3,(H,31,35)(H3,26,27,29,30)/t14-,16+,18+,22+,24+,40-/m0/s1. The predicted octanol–water partition coefficient (Wildman–Crippen LogP) is 2.57. The normalized spacial score (nSPS) is 25.1. The summed E-state index contributed by atoms with van der Waals surface area (Å²) in [4.78, 5) is 24.8. The average Bonchev–Trinajstić information content (AvgIpc) is 3.40. The number of carbonyl (C=O) groups is 1. The topological polar surface area (TPSA) is 185 Å². The van der Waals surface area contributed by atoms with Crippen LogP contribution in [0.4, 0.5) is 16.2 Å². The summed E-state index contributed by atoms with van der Waals surface area (Å²) in [6, 6.07) is 7.05. The second-order valence-corrected chi connectivity index (χ2v) is 11.4. The van der Waals surface area contributed by atoms with Crippen LogP contribution in [-0.4, -0.2) is 74.3 Å². The van der Waals surface area contributed by atoms with Gasteiger partial charge in [-0.2, -0.15) is 15.1 Å². The lowest BCUT2D eigenvalue weighted by Gasteiger charge is -2.25. The van der Waals surface area contributed by atoms with Gasteiger partial charge in [0.2, 0.25) is 5.95 Å². The molecule has 3 aromatic rings. The highest BCUT2D eigenvalue weighted by Crippen LogP contribution is 2.48. The van der Waals surface area contributed by atoms with Crippen molar-refractivity contribution < 1.29 is 37.4 Å². The van der Waals surface area contributed by atoms with Crippen molar-refractivity contribution in [1.29, 1.82) is 0 Å². The van der Waals surface area contributed by atoms with E-state index in [-0.39, 0.29) is 17.3 Å². The van der Waals surface area contributed by atoms with E-state index in [0.29, 0.717) is 11.3 Å². The van der Waals surface area contributed by atoms with Crippen LogP contribution in [0.3, 0.4) is 0 Å². The number of nitrogen functional groups attached to an aromatic ring is 1. The number of nitrogens with two attached hydrogens (primary N) is 1. The largest absolute Gasteiger partial charge is 0.462 e. The quantitative estimate of drug-likeness (QED) is 0.191. The molecule has 3 heterocycles. The zero-order valence-corrected chi connectivity index (χ0v) is 23.5. The van der Waals surface area contributed by atoms with Crippen LogP contribution in [0.15, 0.2) is 36.7 Å². The molecule has 2 aromatic heterocycles. The van der Waals surface area contributed by atoms with Gasteiger partial charge in [-0.05, 0) is 39.8 Å². The summed E-state index contributed by atoms with van der Waals surface area (Å²) in [5.74, 6) is -0.243. The van der Waals surface area contributed by atoms with Gasteiger partial charge in [0.1, 0.15) is 24.0 Å². The molecule has 1 aromatic carbocycles. The van der Waals surface area contributed by atoms with Gasteiger partial charge in [-0.1, -0.05) is 18.2 Å². The maximum Gasteiger partial charge on any atom is 0.459 e. The first kappa shape index (κ1) is 29.6. The summed E-state index contributed by atoms with van der Waals surface area (Å²) in [5, 5.41) is 16.2. The third kappa shape index (κ3) is 6.18. The summed E-state index contributed by atoms with van der Waals surface area (Å²) in [6.07, 6.45) is -3.52. The van der Waals surface area contributed by atoms with Crippen molar-refractivity contribution in [2.75, 3.05) is 24.7 Å². The Labute approximate surface area is 230 Å². The fourth-order valence-corrected chi connectivity index (χ4v) is 5.64. The van der Waals surface area contributed by atoms with Crippen LogP contribution in [0.25, 0.3) is 11.2 Å². The molecule has 5 N–H and O–H groups in total. The molecular weight excluding hydrogens is 548 g/mol. The molecule has 16 heteroatoms. The van der Waals surface area contributed by atoms with Crippen molar-refractivity contribution in [2.24, 2.45) is 0 Å².